The van der Waals surface area contributed by atoms with Crippen molar-refractivity contribution < 1.29 is 33.2 Å². The van der Waals surface area contributed by atoms with Crippen LogP contribution in [0.3, 0.4) is 0 Å². The van der Waals surface area contributed by atoms with E-state index in [9.17, 15) is 0 Å². The fourth-order valence-electron chi connectivity index (χ4n) is 5.93. The molecule has 0 aliphatic rings. The van der Waals surface area contributed by atoms with E-state index in [-0.39, 0.29) is 25.8 Å². The lowest BCUT2D eigenvalue weighted by Gasteiger charge is -2.26. The second-order valence-electron chi connectivity index (χ2n) is 14.0. The van der Waals surface area contributed by atoms with Crippen LogP contribution in [-0.2, 0) is 33.2 Å². The van der Waals surface area contributed by atoms with E-state index in [2.05, 4.69) is 55.4 Å². The molecule has 304 valence electrons. The van der Waals surface area contributed by atoms with Crippen molar-refractivity contribution in [3.8, 4) is 0 Å². The van der Waals surface area contributed by atoms with Gasteiger partial charge in [0.05, 0.1) is 26.4 Å². The van der Waals surface area contributed by atoms with E-state index < -0.39 is 0 Å². The van der Waals surface area contributed by atoms with Crippen LogP contribution >= 0.6 is 0 Å². The summed E-state index contributed by atoms with van der Waals surface area (Å²) in [6, 6.07) is 0. The number of unbranched alkanes of at least 4 members (excludes halogenated alkanes) is 12. The van der Waals surface area contributed by atoms with Crippen LogP contribution in [0.2, 0.25) is 0 Å². The predicted octanol–water partition coefficient (Wildman–Crippen LogP) is 13.7. The Labute approximate surface area is 317 Å². The summed E-state index contributed by atoms with van der Waals surface area (Å²) < 4.78 is 44.9. The Balaban J connectivity index is 6.08. The van der Waals surface area contributed by atoms with Gasteiger partial charge in [-0.25, -0.2) is 0 Å². The maximum atomic E-state index is 6.54. The molecule has 0 radical (unpaired) electrons. The summed E-state index contributed by atoms with van der Waals surface area (Å²) in [6.07, 6.45) is 25.8. The van der Waals surface area contributed by atoms with Crippen LogP contribution in [0.4, 0.5) is 0 Å². The lowest BCUT2D eigenvalue weighted by Crippen LogP contribution is -2.25. The zero-order valence-electron chi connectivity index (χ0n) is 35.2. The Morgan fingerprint density at radius 3 is 1.04 bits per heavy atom. The van der Waals surface area contributed by atoms with Crippen LogP contribution in [0.15, 0.2) is 23.0 Å². The van der Waals surface area contributed by atoms with Gasteiger partial charge in [-0.05, 0) is 51.4 Å². The Morgan fingerprint density at radius 1 is 0.353 bits per heavy atom. The van der Waals surface area contributed by atoms with Gasteiger partial charge in [-0.1, -0.05) is 145 Å². The minimum absolute atomic E-state index is 0.127. The first-order chi connectivity index (χ1) is 25.1. The highest BCUT2D eigenvalue weighted by Gasteiger charge is 2.25. The van der Waals surface area contributed by atoms with E-state index >= 15 is 0 Å². The molecule has 0 aliphatic carbocycles. The van der Waals surface area contributed by atoms with E-state index in [1.54, 1.807) is 0 Å². The number of rotatable bonds is 40. The Kier molecular flexibility index (Phi) is 37.2. The van der Waals surface area contributed by atoms with E-state index in [1.165, 1.54) is 77.0 Å². The second kappa shape index (κ2) is 38.3. The van der Waals surface area contributed by atoms with E-state index in [4.69, 9.17) is 33.2 Å². The van der Waals surface area contributed by atoms with Gasteiger partial charge in [0.2, 0.25) is 0 Å². The monoisotopic (exact) mass is 727 g/mol. The highest BCUT2D eigenvalue weighted by molar-refractivity contribution is 5.09. The smallest absolute Gasteiger partial charge is 0.162 e. The Bertz CT molecular complexity index is 732. The lowest BCUT2D eigenvalue weighted by atomic mass is 10.0. The maximum absolute atomic E-state index is 6.54. The highest BCUT2D eigenvalue weighted by Crippen LogP contribution is 2.27. The molecule has 0 aromatic carbocycles. The van der Waals surface area contributed by atoms with Gasteiger partial charge in [-0.3, -0.25) is 0 Å². The molecular weight excluding hydrogens is 640 g/mol. The predicted molar refractivity (Wildman–Crippen MR) is 215 cm³/mol. The number of allylic oxidation sites excluding steroid dienone is 2. The summed E-state index contributed by atoms with van der Waals surface area (Å²) in [4.78, 5) is 0. The van der Waals surface area contributed by atoms with Crippen molar-refractivity contribution in [2.45, 2.75) is 222 Å². The molecule has 7 heteroatoms. The molecule has 51 heavy (non-hydrogen) atoms. The molecule has 0 bridgehead atoms. The molecule has 7 nitrogen and oxygen atoms in total. The molecule has 0 saturated heterocycles. The number of ether oxygens (including phenoxy) is 7. The van der Waals surface area contributed by atoms with Gasteiger partial charge in [-0.15, -0.1) is 0 Å². The quantitative estimate of drug-likeness (QED) is 0.0354. The van der Waals surface area contributed by atoms with Gasteiger partial charge in [0, 0.05) is 12.8 Å². The van der Waals surface area contributed by atoms with Crippen molar-refractivity contribution in [1.82, 2.24) is 0 Å². The first kappa shape index (κ1) is 49.6. The largest absolute Gasteiger partial charge is 0.494 e. The molecule has 0 spiro atoms. The van der Waals surface area contributed by atoms with E-state index in [1.807, 2.05) is 0 Å². The molecule has 0 fully saturated rings. The average molecular weight is 727 g/mol. The summed E-state index contributed by atoms with van der Waals surface area (Å²) in [6.45, 7) is 20.5. The molecule has 0 saturated carbocycles. The van der Waals surface area contributed by atoms with Crippen LogP contribution in [-0.4, -0.2) is 52.2 Å². The average Bonchev–Trinajstić information content (AvgIpc) is 3.14. The first-order valence-electron chi connectivity index (χ1n) is 21.9. The van der Waals surface area contributed by atoms with Crippen molar-refractivity contribution in [1.29, 1.82) is 0 Å². The van der Waals surface area contributed by atoms with E-state index in [0.29, 0.717) is 26.4 Å². The van der Waals surface area contributed by atoms with Crippen LogP contribution in [0.5, 0.6) is 0 Å². The molecule has 0 aromatic rings. The number of hydrogen-bond acceptors (Lipinski definition) is 7. The highest BCUT2D eigenvalue weighted by atomic mass is 16.7. The minimum atomic E-state index is -0.211. The molecule has 0 aliphatic heterocycles. The summed E-state index contributed by atoms with van der Waals surface area (Å²) >= 11 is 0. The van der Waals surface area contributed by atoms with Gasteiger partial charge >= 0.3 is 0 Å². The third-order valence-corrected chi connectivity index (χ3v) is 8.88. The normalized spacial score (nSPS) is 13.8. The van der Waals surface area contributed by atoms with Crippen molar-refractivity contribution in [2.75, 3.05) is 40.0 Å². The van der Waals surface area contributed by atoms with Crippen molar-refractivity contribution in [2.24, 2.45) is 0 Å². The maximum Gasteiger partial charge on any atom is 0.162 e. The minimum Gasteiger partial charge on any atom is -0.494 e. The van der Waals surface area contributed by atoms with Crippen molar-refractivity contribution >= 4 is 0 Å². The van der Waals surface area contributed by atoms with Crippen LogP contribution in [0.25, 0.3) is 0 Å². The molecule has 0 aromatic heterocycles. The first-order valence-corrected chi connectivity index (χ1v) is 21.9. The zero-order valence-corrected chi connectivity index (χ0v) is 35.2. The molecule has 0 N–H and O–H groups in total. The molecule has 2 unspecified atom stereocenters. The van der Waals surface area contributed by atoms with Gasteiger partial charge in [0.1, 0.15) is 23.7 Å². The molecule has 0 heterocycles. The van der Waals surface area contributed by atoms with Crippen LogP contribution in [0, 0.1) is 0 Å². The third kappa shape index (κ3) is 26.9. The van der Waals surface area contributed by atoms with Crippen molar-refractivity contribution in [3.63, 3.8) is 0 Å². The van der Waals surface area contributed by atoms with Gasteiger partial charge < -0.3 is 33.2 Å². The SMILES string of the molecule is CCCCCCCC(OCOCOC(CCCCCCC)C(OCCC)=C(CCCCC)OCCC)C(OCCC)=C(CCCCC)OCCC. The van der Waals surface area contributed by atoms with Crippen molar-refractivity contribution in [3.05, 3.63) is 23.0 Å². The Hall–Kier alpha value is -1.44. The van der Waals surface area contributed by atoms with Gasteiger partial charge in [0.25, 0.3) is 0 Å². The third-order valence-electron chi connectivity index (χ3n) is 8.88. The fourth-order valence-corrected chi connectivity index (χ4v) is 5.93. The van der Waals surface area contributed by atoms with Gasteiger partial charge in [-0.2, -0.15) is 0 Å². The summed E-state index contributed by atoms with van der Waals surface area (Å²) in [5, 5.41) is 0. The fraction of sp³-hybridized carbons (Fsp3) is 0.909. The zero-order chi connectivity index (χ0) is 37.6. The standard InChI is InChI=1S/C44H86O7/c1-9-17-21-23-27-31-41(43(48-35-15-7)39(46-33-13-5)29-25-19-11-3)50-37-45-38-51-42(32-28-24-22-18-10-2)44(49-36-16-8)40(47-34-14-6)30-26-20-12-4/h41-42H,9-38H2,1-8H3. The molecule has 0 rings (SSSR count). The summed E-state index contributed by atoms with van der Waals surface area (Å²) in [5.41, 5.74) is 0. The molecular formula is C44H86O7. The van der Waals surface area contributed by atoms with Gasteiger partial charge in [0.15, 0.2) is 25.1 Å². The second-order valence-corrected chi connectivity index (χ2v) is 14.0. The van der Waals surface area contributed by atoms with Crippen LogP contribution in [0.1, 0.15) is 209 Å². The summed E-state index contributed by atoms with van der Waals surface area (Å²) in [5.74, 6) is 3.66. The van der Waals surface area contributed by atoms with E-state index in [0.717, 1.165) is 100 Å². The topological polar surface area (TPSA) is 64.6 Å². The Morgan fingerprint density at radius 2 is 0.686 bits per heavy atom. The number of hydrogen-bond donors (Lipinski definition) is 0. The molecule has 2 atom stereocenters. The lowest BCUT2D eigenvalue weighted by molar-refractivity contribution is -0.167. The molecule has 0 amide bonds. The summed E-state index contributed by atoms with van der Waals surface area (Å²) in [7, 11) is 0. The van der Waals surface area contributed by atoms with Crippen LogP contribution < -0.4 is 0 Å².